The summed E-state index contributed by atoms with van der Waals surface area (Å²) in [7, 11) is -3.77. The van der Waals surface area contributed by atoms with E-state index in [1.165, 1.54) is 23.5 Å². The number of hydrogen-bond acceptors (Lipinski definition) is 6. The Kier molecular flexibility index (Phi) is 6.26. The minimum atomic E-state index is -3.77. The van der Waals surface area contributed by atoms with Crippen molar-refractivity contribution in [2.24, 2.45) is 0 Å². The van der Waals surface area contributed by atoms with E-state index in [-0.39, 0.29) is 10.8 Å². The Hall–Kier alpha value is -3.56. The molecule has 0 saturated heterocycles. The van der Waals surface area contributed by atoms with E-state index in [4.69, 9.17) is 0 Å². The molecule has 0 unspecified atom stereocenters. The van der Waals surface area contributed by atoms with Crippen LogP contribution in [0.3, 0.4) is 0 Å². The van der Waals surface area contributed by atoms with E-state index in [9.17, 15) is 13.2 Å². The predicted molar refractivity (Wildman–Crippen MR) is 131 cm³/mol. The quantitative estimate of drug-likeness (QED) is 0.397. The number of nitrogens with zero attached hydrogens (tertiary/aromatic N) is 2. The molecule has 168 valence electrons. The van der Waals surface area contributed by atoms with Gasteiger partial charge in [-0.2, -0.15) is 0 Å². The standard InChI is InChI=1S/C24H22N4O3S2/c1-15-7-6-8-16(2)21(15)28-33(30,31)19-12-10-18(11-13-19)27-23(29)22-17(3)26-24(32-22)20-9-4-5-14-25-20/h4-14,28H,1-3H3,(H,27,29). The van der Waals surface area contributed by atoms with Crippen LogP contribution in [0.25, 0.3) is 10.7 Å². The Morgan fingerprint density at radius 1 is 0.909 bits per heavy atom. The Morgan fingerprint density at radius 2 is 1.61 bits per heavy atom. The van der Waals surface area contributed by atoms with Gasteiger partial charge in [0.05, 0.1) is 22.0 Å². The van der Waals surface area contributed by atoms with Crippen LogP contribution in [0, 0.1) is 20.8 Å². The lowest BCUT2D eigenvalue weighted by Gasteiger charge is -2.13. The average molecular weight is 479 g/mol. The van der Waals surface area contributed by atoms with Crippen molar-refractivity contribution in [1.82, 2.24) is 9.97 Å². The van der Waals surface area contributed by atoms with E-state index in [1.807, 2.05) is 50.2 Å². The molecule has 0 aliphatic carbocycles. The van der Waals surface area contributed by atoms with Gasteiger partial charge >= 0.3 is 0 Å². The molecule has 2 N–H and O–H groups in total. The highest BCUT2D eigenvalue weighted by molar-refractivity contribution is 7.92. The number of pyridine rings is 1. The molecular formula is C24H22N4O3S2. The summed E-state index contributed by atoms with van der Waals surface area (Å²) in [5.74, 6) is -0.309. The highest BCUT2D eigenvalue weighted by Crippen LogP contribution is 2.28. The maximum absolute atomic E-state index is 12.8. The van der Waals surface area contributed by atoms with Crippen molar-refractivity contribution in [2.75, 3.05) is 10.0 Å². The number of nitrogens with one attached hydrogen (secondary N) is 2. The Bertz CT molecular complexity index is 1390. The molecule has 0 fully saturated rings. The normalized spacial score (nSPS) is 11.2. The molecule has 33 heavy (non-hydrogen) atoms. The number of para-hydroxylation sites is 1. The number of carbonyl (C=O) groups is 1. The number of hydrogen-bond donors (Lipinski definition) is 2. The Labute approximate surface area is 196 Å². The minimum Gasteiger partial charge on any atom is -0.321 e. The van der Waals surface area contributed by atoms with E-state index in [0.717, 1.165) is 11.1 Å². The van der Waals surface area contributed by atoms with Gasteiger partial charge in [-0.15, -0.1) is 11.3 Å². The van der Waals surface area contributed by atoms with E-state index >= 15 is 0 Å². The first kappa shape index (κ1) is 22.6. The SMILES string of the molecule is Cc1cccc(C)c1NS(=O)(=O)c1ccc(NC(=O)c2sc(-c3ccccn3)nc2C)cc1. The summed E-state index contributed by atoms with van der Waals surface area (Å²) in [5.41, 5.74) is 4.04. The molecule has 0 spiro atoms. The first-order valence-electron chi connectivity index (χ1n) is 10.1. The van der Waals surface area contributed by atoms with E-state index in [1.54, 1.807) is 25.3 Å². The molecule has 0 atom stereocenters. The number of rotatable bonds is 6. The molecule has 0 bridgehead atoms. The second kappa shape index (κ2) is 9.13. The first-order valence-corrected chi connectivity index (χ1v) is 12.4. The number of aromatic nitrogens is 2. The molecular weight excluding hydrogens is 456 g/mol. The van der Waals surface area contributed by atoms with Crippen molar-refractivity contribution in [3.63, 3.8) is 0 Å². The molecule has 0 saturated carbocycles. The molecule has 4 rings (SSSR count). The molecule has 0 aliphatic heterocycles. The van der Waals surface area contributed by atoms with Crippen LogP contribution in [0.2, 0.25) is 0 Å². The fraction of sp³-hybridized carbons (Fsp3) is 0.125. The van der Waals surface area contributed by atoms with Crippen LogP contribution in [0.5, 0.6) is 0 Å². The summed E-state index contributed by atoms with van der Waals surface area (Å²) in [5, 5.41) is 3.47. The van der Waals surface area contributed by atoms with Gasteiger partial charge in [0.25, 0.3) is 15.9 Å². The van der Waals surface area contributed by atoms with Crippen LogP contribution in [0.1, 0.15) is 26.5 Å². The number of sulfonamides is 1. The van der Waals surface area contributed by atoms with Crippen LogP contribution >= 0.6 is 11.3 Å². The third kappa shape index (κ3) is 4.94. The van der Waals surface area contributed by atoms with Gasteiger partial charge in [-0.25, -0.2) is 13.4 Å². The number of anilines is 2. The van der Waals surface area contributed by atoms with E-state index < -0.39 is 10.0 Å². The average Bonchev–Trinajstić information content (AvgIpc) is 3.19. The molecule has 2 heterocycles. The second-order valence-corrected chi connectivity index (χ2v) is 10.2. The molecule has 4 aromatic rings. The highest BCUT2D eigenvalue weighted by Gasteiger charge is 2.19. The van der Waals surface area contributed by atoms with Crippen molar-refractivity contribution in [3.8, 4) is 10.7 Å². The van der Waals surface area contributed by atoms with Gasteiger partial charge in [-0.1, -0.05) is 24.3 Å². The highest BCUT2D eigenvalue weighted by atomic mass is 32.2. The van der Waals surface area contributed by atoms with Gasteiger partial charge in [0.1, 0.15) is 9.88 Å². The molecule has 1 amide bonds. The maximum Gasteiger partial charge on any atom is 0.267 e. The van der Waals surface area contributed by atoms with Crippen molar-refractivity contribution in [1.29, 1.82) is 0 Å². The number of thiazole rings is 1. The summed E-state index contributed by atoms with van der Waals surface area (Å²) >= 11 is 1.26. The lowest BCUT2D eigenvalue weighted by molar-refractivity contribution is 0.103. The third-order valence-electron chi connectivity index (χ3n) is 5.03. The van der Waals surface area contributed by atoms with Crippen LogP contribution < -0.4 is 10.0 Å². The first-order chi connectivity index (χ1) is 15.7. The van der Waals surface area contributed by atoms with Gasteiger partial charge in [0.15, 0.2) is 0 Å². The Morgan fingerprint density at radius 3 is 2.24 bits per heavy atom. The van der Waals surface area contributed by atoms with Crippen molar-refractivity contribution < 1.29 is 13.2 Å². The van der Waals surface area contributed by atoms with Crippen molar-refractivity contribution in [2.45, 2.75) is 25.7 Å². The van der Waals surface area contributed by atoms with Crippen LogP contribution in [0.4, 0.5) is 11.4 Å². The smallest absolute Gasteiger partial charge is 0.267 e. The molecule has 7 nitrogen and oxygen atoms in total. The zero-order chi connectivity index (χ0) is 23.6. The summed E-state index contributed by atoms with van der Waals surface area (Å²) in [6.07, 6.45) is 1.68. The molecule has 2 aromatic carbocycles. The van der Waals surface area contributed by atoms with Gasteiger partial charge in [0, 0.05) is 11.9 Å². The summed E-state index contributed by atoms with van der Waals surface area (Å²) < 4.78 is 28.3. The number of amides is 1. The monoisotopic (exact) mass is 478 g/mol. The largest absolute Gasteiger partial charge is 0.321 e. The van der Waals surface area contributed by atoms with E-state index in [0.29, 0.717) is 32.6 Å². The molecule has 0 radical (unpaired) electrons. The number of benzene rings is 2. The minimum absolute atomic E-state index is 0.106. The fourth-order valence-corrected chi connectivity index (χ4v) is 5.42. The van der Waals surface area contributed by atoms with Crippen molar-refractivity contribution in [3.05, 3.63) is 88.6 Å². The Balaban J connectivity index is 1.50. The third-order valence-corrected chi connectivity index (χ3v) is 7.57. The van der Waals surface area contributed by atoms with Gasteiger partial charge < -0.3 is 5.32 Å². The lowest BCUT2D eigenvalue weighted by Crippen LogP contribution is -2.15. The zero-order valence-electron chi connectivity index (χ0n) is 18.3. The fourth-order valence-electron chi connectivity index (χ4n) is 3.28. The van der Waals surface area contributed by atoms with Gasteiger partial charge in [-0.05, 0) is 68.3 Å². The van der Waals surface area contributed by atoms with Crippen LogP contribution in [0.15, 0.2) is 71.8 Å². The van der Waals surface area contributed by atoms with Crippen molar-refractivity contribution >= 4 is 38.6 Å². The number of carbonyl (C=O) groups excluding carboxylic acids is 1. The predicted octanol–water partition coefficient (Wildman–Crippen LogP) is 5.18. The van der Waals surface area contributed by atoms with Gasteiger partial charge in [-0.3, -0.25) is 14.5 Å². The van der Waals surface area contributed by atoms with Crippen LogP contribution in [-0.2, 0) is 10.0 Å². The zero-order valence-corrected chi connectivity index (χ0v) is 19.9. The molecule has 9 heteroatoms. The topological polar surface area (TPSA) is 101 Å². The van der Waals surface area contributed by atoms with E-state index in [2.05, 4.69) is 20.0 Å². The number of aryl methyl sites for hydroxylation is 3. The molecule has 2 aromatic heterocycles. The van der Waals surface area contributed by atoms with Gasteiger partial charge in [0.2, 0.25) is 0 Å². The second-order valence-electron chi connectivity index (χ2n) is 7.50. The molecule has 0 aliphatic rings. The van der Waals surface area contributed by atoms with Crippen LogP contribution in [-0.4, -0.2) is 24.3 Å². The summed E-state index contributed by atoms with van der Waals surface area (Å²) in [4.78, 5) is 22.1. The maximum atomic E-state index is 12.8. The summed E-state index contributed by atoms with van der Waals surface area (Å²) in [6, 6.07) is 17.2. The lowest BCUT2D eigenvalue weighted by atomic mass is 10.1. The summed E-state index contributed by atoms with van der Waals surface area (Å²) in [6.45, 7) is 5.47.